The van der Waals surface area contributed by atoms with E-state index < -0.39 is 5.82 Å². The van der Waals surface area contributed by atoms with Crippen LogP contribution < -0.4 is 0 Å². The summed E-state index contributed by atoms with van der Waals surface area (Å²) < 4.78 is 14.8. The molecule has 0 atom stereocenters. The molecule has 0 fully saturated rings. The second-order valence-corrected chi connectivity index (χ2v) is 7.41. The molecular weight excluding hydrogens is 371 g/mol. The number of hydrogen-bond donors (Lipinski definition) is 0. The van der Waals surface area contributed by atoms with Crippen molar-refractivity contribution >= 4 is 32.7 Å². The zero-order valence-corrected chi connectivity index (χ0v) is 14.8. The molecule has 0 radical (unpaired) electrons. The van der Waals surface area contributed by atoms with Gasteiger partial charge in [0.25, 0.3) is 0 Å². The van der Waals surface area contributed by atoms with Crippen molar-refractivity contribution < 1.29 is 4.39 Å². The van der Waals surface area contributed by atoms with Crippen LogP contribution in [0.1, 0.15) is 30.8 Å². The SMILES string of the molecule is CC1(C)Cc2cc(Br)ccc2C(c2nnc3c(F)cccc3n2)=N1. The molecule has 0 unspecified atom stereocenters. The Morgan fingerprint density at radius 1 is 1.12 bits per heavy atom. The zero-order chi connectivity index (χ0) is 16.9. The van der Waals surface area contributed by atoms with Gasteiger partial charge in [-0.15, -0.1) is 10.2 Å². The Labute approximate surface area is 147 Å². The van der Waals surface area contributed by atoms with E-state index in [2.05, 4.69) is 51.0 Å². The third kappa shape index (κ3) is 2.60. The minimum Gasteiger partial charge on any atom is -0.274 e. The molecule has 0 aliphatic carbocycles. The van der Waals surface area contributed by atoms with Crippen molar-refractivity contribution in [2.45, 2.75) is 25.8 Å². The Balaban J connectivity index is 1.93. The van der Waals surface area contributed by atoms with Crippen LogP contribution in [0.4, 0.5) is 4.39 Å². The predicted molar refractivity (Wildman–Crippen MR) is 94.9 cm³/mol. The van der Waals surface area contributed by atoms with Gasteiger partial charge in [-0.25, -0.2) is 9.37 Å². The molecule has 0 spiro atoms. The molecular formula is C18H14BrFN4. The van der Waals surface area contributed by atoms with Gasteiger partial charge in [0.2, 0.25) is 5.82 Å². The monoisotopic (exact) mass is 384 g/mol. The average Bonchev–Trinajstić information content (AvgIpc) is 2.52. The molecule has 3 aromatic rings. The second-order valence-electron chi connectivity index (χ2n) is 6.49. The summed E-state index contributed by atoms with van der Waals surface area (Å²) in [6.07, 6.45) is 0.834. The van der Waals surface area contributed by atoms with E-state index in [1.165, 1.54) is 11.6 Å². The predicted octanol–water partition coefficient (Wildman–Crippen LogP) is 4.10. The van der Waals surface area contributed by atoms with Gasteiger partial charge in [-0.1, -0.05) is 28.1 Å². The summed E-state index contributed by atoms with van der Waals surface area (Å²) in [7, 11) is 0. The van der Waals surface area contributed by atoms with Gasteiger partial charge in [-0.2, -0.15) is 0 Å². The summed E-state index contributed by atoms with van der Waals surface area (Å²) in [5.41, 5.74) is 3.27. The van der Waals surface area contributed by atoms with E-state index in [1.807, 2.05) is 12.1 Å². The molecule has 120 valence electrons. The van der Waals surface area contributed by atoms with Gasteiger partial charge in [0.05, 0.1) is 11.1 Å². The Morgan fingerprint density at radius 3 is 2.79 bits per heavy atom. The maximum Gasteiger partial charge on any atom is 0.201 e. The van der Waals surface area contributed by atoms with Gasteiger partial charge in [0.15, 0.2) is 5.82 Å². The Kier molecular flexibility index (Phi) is 3.46. The normalized spacial score (nSPS) is 15.9. The largest absolute Gasteiger partial charge is 0.274 e. The van der Waals surface area contributed by atoms with Gasteiger partial charge in [0.1, 0.15) is 11.2 Å². The fourth-order valence-corrected chi connectivity index (χ4v) is 3.41. The molecule has 0 saturated carbocycles. The standard InChI is InChI=1S/C18H14BrFN4/c1-18(2)9-10-8-11(19)6-7-12(10)15(22-18)17-21-14-5-3-4-13(20)16(14)23-24-17/h3-8H,9H2,1-2H3. The molecule has 0 amide bonds. The molecule has 1 aliphatic rings. The minimum atomic E-state index is -0.422. The number of rotatable bonds is 1. The first kappa shape index (κ1) is 15.3. The summed E-state index contributed by atoms with van der Waals surface area (Å²) in [6.45, 7) is 4.15. The van der Waals surface area contributed by atoms with E-state index in [1.54, 1.807) is 12.1 Å². The van der Waals surface area contributed by atoms with E-state index in [9.17, 15) is 4.39 Å². The summed E-state index contributed by atoms with van der Waals surface area (Å²) in [4.78, 5) is 9.32. The molecule has 1 aromatic heterocycles. The van der Waals surface area contributed by atoms with Gasteiger partial charge in [-0.3, -0.25) is 4.99 Å². The van der Waals surface area contributed by atoms with Gasteiger partial charge in [-0.05, 0) is 50.1 Å². The molecule has 6 heteroatoms. The van der Waals surface area contributed by atoms with Crippen LogP contribution in [-0.2, 0) is 6.42 Å². The number of nitrogens with zero attached hydrogens (tertiary/aromatic N) is 4. The highest BCUT2D eigenvalue weighted by atomic mass is 79.9. The minimum absolute atomic E-state index is 0.174. The van der Waals surface area contributed by atoms with Crippen molar-refractivity contribution in [2.24, 2.45) is 4.99 Å². The molecule has 0 saturated heterocycles. The van der Waals surface area contributed by atoms with E-state index >= 15 is 0 Å². The molecule has 0 N–H and O–H groups in total. The van der Waals surface area contributed by atoms with Crippen LogP contribution in [0.3, 0.4) is 0 Å². The highest BCUT2D eigenvalue weighted by molar-refractivity contribution is 9.10. The van der Waals surface area contributed by atoms with Crippen LogP contribution >= 0.6 is 15.9 Å². The van der Waals surface area contributed by atoms with E-state index in [0.717, 1.165) is 16.5 Å². The highest BCUT2D eigenvalue weighted by Crippen LogP contribution is 2.30. The number of aromatic nitrogens is 3. The first-order chi connectivity index (χ1) is 11.4. The lowest BCUT2D eigenvalue weighted by molar-refractivity contribution is 0.512. The molecule has 1 aliphatic heterocycles. The number of halogens is 2. The Hall–Kier alpha value is -2.21. The van der Waals surface area contributed by atoms with Gasteiger partial charge >= 0.3 is 0 Å². The lowest BCUT2D eigenvalue weighted by Gasteiger charge is -2.28. The molecule has 4 rings (SSSR count). The number of hydrogen-bond acceptors (Lipinski definition) is 4. The maximum absolute atomic E-state index is 13.8. The van der Waals surface area contributed by atoms with Crippen molar-refractivity contribution in [3.8, 4) is 0 Å². The third-order valence-electron chi connectivity index (χ3n) is 4.01. The quantitative estimate of drug-likeness (QED) is 0.634. The lowest BCUT2D eigenvalue weighted by Crippen LogP contribution is -2.30. The van der Waals surface area contributed by atoms with Crippen molar-refractivity contribution in [3.63, 3.8) is 0 Å². The maximum atomic E-state index is 13.8. The summed E-state index contributed by atoms with van der Waals surface area (Å²) >= 11 is 3.52. The molecule has 0 bridgehead atoms. The van der Waals surface area contributed by atoms with Crippen molar-refractivity contribution in [1.82, 2.24) is 15.2 Å². The van der Waals surface area contributed by atoms with Crippen molar-refractivity contribution in [2.75, 3.05) is 0 Å². The third-order valence-corrected chi connectivity index (χ3v) is 4.50. The average molecular weight is 385 g/mol. The fourth-order valence-electron chi connectivity index (χ4n) is 3.01. The van der Waals surface area contributed by atoms with Crippen LogP contribution in [-0.4, -0.2) is 26.4 Å². The zero-order valence-electron chi connectivity index (χ0n) is 13.2. The van der Waals surface area contributed by atoms with Crippen LogP contribution in [0.5, 0.6) is 0 Å². The number of aliphatic imine (C=N–C) groups is 1. The highest BCUT2D eigenvalue weighted by Gasteiger charge is 2.29. The van der Waals surface area contributed by atoms with E-state index in [-0.39, 0.29) is 11.1 Å². The molecule has 2 aromatic carbocycles. The Morgan fingerprint density at radius 2 is 1.96 bits per heavy atom. The van der Waals surface area contributed by atoms with Crippen LogP contribution in [0, 0.1) is 5.82 Å². The van der Waals surface area contributed by atoms with E-state index in [0.29, 0.717) is 17.1 Å². The first-order valence-corrected chi connectivity index (χ1v) is 8.40. The number of benzene rings is 2. The van der Waals surface area contributed by atoms with Crippen molar-refractivity contribution in [1.29, 1.82) is 0 Å². The number of fused-ring (bicyclic) bond motifs is 2. The summed E-state index contributed by atoms with van der Waals surface area (Å²) in [6, 6.07) is 10.8. The van der Waals surface area contributed by atoms with Gasteiger partial charge in [0, 0.05) is 10.0 Å². The Bertz CT molecular complexity index is 997. The second kappa shape index (κ2) is 5.41. The molecule has 24 heavy (non-hydrogen) atoms. The molecule has 2 heterocycles. The smallest absolute Gasteiger partial charge is 0.201 e. The topological polar surface area (TPSA) is 51.0 Å². The fraction of sp³-hybridized carbons (Fsp3) is 0.222. The summed E-state index contributed by atoms with van der Waals surface area (Å²) in [5, 5.41) is 8.15. The van der Waals surface area contributed by atoms with Gasteiger partial charge < -0.3 is 0 Å². The first-order valence-electron chi connectivity index (χ1n) is 7.61. The van der Waals surface area contributed by atoms with Crippen LogP contribution in [0.15, 0.2) is 45.9 Å². The van der Waals surface area contributed by atoms with Crippen molar-refractivity contribution in [3.05, 3.63) is 63.6 Å². The molecule has 4 nitrogen and oxygen atoms in total. The summed E-state index contributed by atoms with van der Waals surface area (Å²) in [5.74, 6) is -0.00117. The van der Waals surface area contributed by atoms with Crippen LogP contribution in [0.25, 0.3) is 11.0 Å². The van der Waals surface area contributed by atoms with Crippen LogP contribution in [0.2, 0.25) is 0 Å². The van der Waals surface area contributed by atoms with E-state index in [4.69, 9.17) is 4.99 Å². The lowest BCUT2D eigenvalue weighted by atomic mass is 9.87.